The van der Waals surface area contributed by atoms with E-state index in [4.69, 9.17) is 0 Å². The molecule has 1 aliphatic carbocycles. The van der Waals surface area contributed by atoms with Crippen molar-refractivity contribution in [1.82, 2.24) is 20.5 Å². The Hall–Kier alpha value is -2.25. The maximum Gasteiger partial charge on any atom is 0.230 e. The summed E-state index contributed by atoms with van der Waals surface area (Å²) >= 11 is 3.05. The minimum atomic E-state index is 0.0774. The van der Waals surface area contributed by atoms with E-state index in [9.17, 15) is 4.79 Å². The predicted octanol–water partition coefficient (Wildman–Crippen LogP) is 4.73. The smallest absolute Gasteiger partial charge is 0.230 e. The Bertz CT molecular complexity index is 935. The highest BCUT2D eigenvalue weighted by molar-refractivity contribution is 7.99. The lowest BCUT2D eigenvalue weighted by Crippen LogP contribution is -2.33. The van der Waals surface area contributed by atoms with E-state index in [1.54, 1.807) is 11.3 Å². The van der Waals surface area contributed by atoms with E-state index in [0.717, 1.165) is 44.7 Å². The molecule has 1 fully saturated rings. The zero-order valence-electron chi connectivity index (χ0n) is 15.7. The topological polar surface area (TPSA) is 67.8 Å². The van der Waals surface area contributed by atoms with E-state index >= 15 is 0 Å². The van der Waals surface area contributed by atoms with E-state index < -0.39 is 0 Å². The normalized spacial score (nSPS) is 14.3. The van der Waals surface area contributed by atoms with Crippen LogP contribution < -0.4 is 5.32 Å². The average molecular weight is 411 g/mol. The Morgan fingerprint density at radius 2 is 1.93 bits per heavy atom. The van der Waals surface area contributed by atoms with Gasteiger partial charge in [0.2, 0.25) is 5.91 Å². The first kappa shape index (κ1) is 19.1. The number of aryl methyl sites for hydroxylation is 1. The minimum Gasteiger partial charge on any atom is -0.353 e. The molecule has 0 unspecified atom stereocenters. The van der Waals surface area contributed by atoms with E-state index in [1.807, 2.05) is 37.3 Å². The van der Waals surface area contributed by atoms with Crippen molar-refractivity contribution in [1.29, 1.82) is 0 Å². The molecule has 4 rings (SSSR count). The zero-order chi connectivity index (χ0) is 19.3. The number of carbonyl (C=O) groups is 1. The molecule has 2 aromatic heterocycles. The van der Waals surface area contributed by atoms with Crippen LogP contribution in [0.3, 0.4) is 0 Å². The van der Waals surface area contributed by atoms with Crippen LogP contribution in [0.2, 0.25) is 0 Å². The highest BCUT2D eigenvalue weighted by Gasteiger charge is 2.17. The number of hydrogen-bond donors (Lipinski definition) is 1. The van der Waals surface area contributed by atoms with Gasteiger partial charge in [-0.15, -0.1) is 21.5 Å². The minimum absolute atomic E-state index is 0.0774. The van der Waals surface area contributed by atoms with Gasteiger partial charge in [0.25, 0.3) is 0 Å². The average Bonchev–Trinajstić information content (AvgIpc) is 3.37. The number of aromatic nitrogens is 3. The SMILES string of the molecule is Cc1nc(-c2ccccc2)sc1-c1ccc(SCC(=O)NC2CCCC2)nn1. The zero-order valence-corrected chi connectivity index (χ0v) is 17.4. The van der Waals surface area contributed by atoms with Crippen molar-refractivity contribution < 1.29 is 4.79 Å². The van der Waals surface area contributed by atoms with Crippen LogP contribution in [0.4, 0.5) is 0 Å². The number of amides is 1. The van der Waals surface area contributed by atoms with Crippen LogP contribution >= 0.6 is 23.1 Å². The Kier molecular flexibility index (Phi) is 6.02. The molecule has 1 aromatic carbocycles. The van der Waals surface area contributed by atoms with Crippen molar-refractivity contribution in [2.45, 2.75) is 43.7 Å². The van der Waals surface area contributed by atoms with Crippen LogP contribution in [0.1, 0.15) is 31.4 Å². The fourth-order valence-corrected chi connectivity index (χ4v) is 5.00. The standard InChI is InChI=1S/C21H22N4OS2/c1-14-20(28-21(22-14)15-7-3-2-4-8-15)17-11-12-19(25-24-17)27-13-18(26)23-16-9-5-6-10-16/h2-4,7-8,11-12,16H,5-6,9-10,13H2,1H3,(H,23,26). The third kappa shape index (κ3) is 4.59. The molecule has 0 saturated heterocycles. The van der Waals surface area contributed by atoms with Gasteiger partial charge in [0.15, 0.2) is 0 Å². The second kappa shape index (κ2) is 8.84. The molecule has 3 aromatic rings. The third-order valence-corrected chi connectivity index (χ3v) is 6.91. The van der Waals surface area contributed by atoms with Crippen molar-refractivity contribution in [3.8, 4) is 21.1 Å². The molecular weight excluding hydrogens is 388 g/mol. The largest absolute Gasteiger partial charge is 0.353 e. The quantitative estimate of drug-likeness (QED) is 0.595. The van der Waals surface area contributed by atoms with Crippen LogP contribution in [0, 0.1) is 6.92 Å². The predicted molar refractivity (Wildman–Crippen MR) is 114 cm³/mol. The molecule has 1 aliphatic rings. The van der Waals surface area contributed by atoms with Gasteiger partial charge in [-0.05, 0) is 31.9 Å². The highest BCUT2D eigenvalue weighted by Crippen LogP contribution is 2.34. The van der Waals surface area contributed by atoms with Gasteiger partial charge in [-0.2, -0.15) is 0 Å². The lowest BCUT2D eigenvalue weighted by atomic mass is 10.2. The molecule has 28 heavy (non-hydrogen) atoms. The summed E-state index contributed by atoms with van der Waals surface area (Å²) in [5, 5.41) is 13.5. The van der Waals surface area contributed by atoms with Gasteiger partial charge in [-0.3, -0.25) is 4.79 Å². The van der Waals surface area contributed by atoms with Crippen LogP contribution in [0.25, 0.3) is 21.1 Å². The van der Waals surface area contributed by atoms with Gasteiger partial charge in [-0.1, -0.05) is 54.9 Å². The van der Waals surface area contributed by atoms with Crippen molar-refractivity contribution in [2.75, 3.05) is 5.75 Å². The lowest BCUT2D eigenvalue weighted by Gasteiger charge is -2.11. The summed E-state index contributed by atoms with van der Waals surface area (Å²) < 4.78 is 0. The fraction of sp³-hybridized carbons (Fsp3) is 0.333. The number of rotatable bonds is 6. The van der Waals surface area contributed by atoms with Crippen molar-refractivity contribution in [2.24, 2.45) is 0 Å². The number of nitrogens with zero attached hydrogens (tertiary/aromatic N) is 3. The molecule has 2 heterocycles. The summed E-state index contributed by atoms with van der Waals surface area (Å²) in [6, 6.07) is 14.4. The molecule has 1 amide bonds. The molecule has 1 N–H and O–H groups in total. The number of carbonyl (C=O) groups excluding carboxylic acids is 1. The van der Waals surface area contributed by atoms with Crippen molar-refractivity contribution >= 4 is 29.0 Å². The first-order valence-electron chi connectivity index (χ1n) is 9.48. The molecule has 1 saturated carbocycles. The monoisotopic (exact) mass is 410 g/mol. The van der Waals surface area contributed by atoms with Gasteiger partial charge < -0.3 is 5.32 Å². The van der Waals surface area contributed by atoms with E-state index in [-0.39, 0.29) is 5.91 Å². The lowest BCUT2D eigenvalue weighted by molar-refractivity contribution is -0.119. The van der Waals surface area contributed by atoms with E-state index in [2.05, 4.69) is 32.6 Å². The molecule has 0 atom stereocenters. The van der Waals surface area contributed by atoms with Crippen molar-refractivity contribution in [3.05, 3.63) is 48.2 Å². The molecular formula is C21H22N4OS2. The first-order valence-corrected chi connectivity index (χ1v) is 11.3. The second-order valence-corrected chi connectivity index (χ2v) is 8.89. The number of thiazole rings is 1. The molecule has 7 heteroatoms. The number of hydrogen-bond acceptors (Lipinski definition) is 6. The van der Waals surface area contributed by atoms with Crippen LogP contribution in [0.15, 0.2) is 47.5 Å². The fourth-order valence-electron chi connectivity index (χ4n) is 3.34. The Morgan fingerprint density at radius 3 is 2.64 bits per heavy atom. The Balaban J connectivity index is 1.39. The molecule has 0 radical (unpaired) electrons. The van der Waals surface area contributed by atoms with Gasteiger partial charge in [0.1, 0.15) is 15.7 Å². The van der Waals surface area contributed by atoms with Gasteiger partial charge in [0, 0.05) is 11.6 Å². The van der Waals surface area contributed by atoms with Crippen LogP contribution in [0.5, 0.6) is 0 Å². The number of benzene rings is 1. The molecule has 0 bridgehead atoms. The second-order valence-electron chi connectivity index (χ2n) is 6.89. The summed E-state index contributed by atoms with van der Waals surface area (Å²) in [6.45, 7) is 2.00. The summed E-state index contributed by atoms with van der Waals surface area (Å²) in [7, 11) is 0. The van der Waals surface area contributed by atoms with Gasteiger partial charge in [0.05, 0.1) is 16.3 Å². The van der Waals surface area contributed by atoms with Gasteiger partial charge >= 0.3 is 0 Å². The molecule has 0 spiro atoms. The van der Waals surface area contributed by atoms with Crippen LogP contribution in [-0.4, -0.2) is 32.9 Å². The summed E-state index contributed by atoms with van der Waals surface area (Å²) in [6.07, 6.45) is 4.64. The Labute approximate surface area is 173 Å². The van der Waals surface area contributed by atoms with Crippen LogP contribution in [-0.2, 0) is 4.79 Å². The highest BCUT2D eigenvalue weighted by atomic mass is 32.2. The summed E-state index contributed by atoms with van der Waals surface area (Å²) in [5.74, 6) is 0.455. The molecule has 0 aliphatic heterocycles. The van der Waals surface area contributed by atoms with E-state index in [1.165, 1.54) is 24.6 Å². The summed E-state index contributed by atoms with van der Waals surface area (Å²) in [5.41, 5.74) is 2.88. The van der Waals surface area contributed by atoms with Gasteiger partial charge in [-0.25, -0.2) is 4.98 Å². The molecule has 144 valence electrons. The maximum absolute atomic E-state index is 12.1. The third-order valence-electron chi connectivity index (χ3n) is 4.76. The maximum atomic E-state index is 12.1. The molecule has 5 nitrogen and oxygen atoms in total. The van der Waals surface area contributed by atoms with Crippen molar-refractivity contribution in [3.63, 3.8) is 0 Å². The summed E-state index contributed by atoms with van der Waals surface area (Å²) in [4.78, 5) is 17.8. The van der Waals surface area contributed by atoms with E-state index in [0.29, 0.717) is 11.8 Å². The number of nitrogens with one attached hydrogen (secondary N) is 1. The Morgan fingerprint density at radius 1 is 1.14 bits per heavy atom. The first-order chi connectivity index (χ1) is 13.7. The number of thioether (sulfide) groups is 1.